The van der Waals surface area contributed by atoms with Crippen LogP contribution in [0, 0.1) is 0 Å². The molecule has 1 amide bonds. The molecule has 0 aliphatic carbocycles. The van der Waals surface area contributed by atoms with Crippen LogP contribution in [0.5, 0.6) is 5.75 Å². The maximum absolute atomic E-state index is 11.8. The summed E-state index contributed by atoms with van der Waals surface area (Å²) >= 11 is 6.04. The van der Waals surface area contributed by atoms with Gasteiger partial charge in [0.15, 0.2) is 0 Å². The number of carbonyl (C=O) groups is 1. The molecule has 0 saturated carbocycles. The number of carbonyl (C=O) groups excluding carboxylic acids is 1. The van der Waals surface area contributed by atoms with Crippen LogP contribution in [0.25, 0.3) is 0 Å². The molecule has 3 rings (SSSR count). The van der Waals surface area contributed by atoms with E-state index in [2.05, 4.69) is 43.0 Å². The third kappa shape index (κ3) is 6.20. The largest absolute Gasteiger partial charge is 0.490 e. The molecule has 0 radical (unpaired) electrons. The molecule has 0 unspecified atom stereocenters. The lowest BCUT2D eigenvalue weighted by Crippen LogP contribution is -2.56. The van der Waals surface area contributed by atoms with Crippen molar-refractivity contribution in [2.75, 3.05) is 26.3 Å². The summed E-state index contributed by atoms with van der Waals surface area (Å²) in [7, 11) is 0. The average Bonchev–Trinajstić information content (AvgIpc) is 2.67. The van der Waals surface area contributed by atoms with Gasteiger partial charge >= 0.3 is 0 Å². The van der Waals surface area contributed by atoms with Gasteiger partial charge in [-0.05, 0) is 35.2 Å². The summed E-state index contributed by atoms with van der Waals surface area (Å²) in [4.78, 5) is 14.0. The van der Waals surface area contributed by atoms with Gasteiger partial charge in [-0.2, -0.15) is 0 Å². The lowest BCUT2D eigenvalue weighted by molar-refractivity contribution is -0.148. The minimum atomic E-state index is -0.774. The third-order valence-corrected chi connectivity index (χ3v) is 5.41. The molecule has 0 spiro atoms. The first-order valence-corrected chi connectivity index (χ1v) is 10.3. The van der Waals surface area contributed by atoms with E-state index in [-0.39, 0.29) is 13.0 Å². The molecule has 6 heteroatoms. The molecule has 5 nitrogen and oxygen atoms in total. The van der Waals surface area contributed by atoms with Gasteiger partial charge in [0, 0.05) is 24.7 Å². The van der Waals surface area contributed by atoms with E-state index >= 15 is 0 Å². The first-order valence-electron chi connectivity index (χ1n) is 9.97. The number of amides is 1. The summed E-state index contributed by atoms with van der Waals surface area (Å²) in [6.07, 6.45) is 0.107. The Kier molecular flexibility index (Phi) is 7.17. The van der Waals surface area contributed by atoms with Crippen LogP contribution in [0.3, 0.4) is 0 Å². The molecular formula is C23H29ClN2O3. The number of hydrogen-bond donors (Lipinski definition) is 1. The summed E-state index contributed by atoms with van der Waals surface area (Å²) in [5.74, 6) is 0.758. The summed E-state index contributed by atoms with van der Waals surface area (Å²) in [6, 6.07) is 15.9. The molecule has 1 atom stereocenters. The number of hydrogen-bond acceptors (Lipinski definition) is 4. The van der Waals surface area contributed by atoms with Crippen LogP contribution in [-0.4, -0.2) is 42.7 Å². The Hall–Kier alpha value is -2.08. The molecule has 0 bridgehead atoms. The molecule has 1 aliphatic heterocycles. The van der Waals surface area contributed by atoms with Crippen LogP contribution in [-0.2, 0) is 16.1 Å². The number of rotatable bonds is 8. The summed E-state index contributed by atoms with van der Waals surface area (Å²) in [5.41, 5.74) is 7.32. The quantitative estimate of drug-likeness (QED) is 0.706. The van der Waals surface area contributed by atoms with Gasteiger partial charge in [-0.1, -0.05) is 55.8 Å². The van der Waals surface area contributed by atoms with Gasteiger partial charge in [-0.15, -0.1) is 0 Å². The fourth-order valence-electron chi connectivity index (χ4n) is 3.66. The minimum Gasteiger partial charge on any atom is -0.490 e. The van der Waals surface area contributed by atoms with Gasteiger partial charge in [0.2, 0.25) is 5.91 Å². The summed E-state index contributed by atoms with van der Waals surface area (Å²) in [5, 5.41) is 0.600. The van der Waals surface area contributed by atoms with Crippen LogP contribution in [0.2, 0.25) is 5.02 Å². The first kappa shape index (κ1) is 21.6. The van der Waals surface area contributed by atoms with Crippen LogP contribution >= 0.6 is 11.6 Å². The number of halogens is 1. The second-order valence-corrected chi connectivity index (χ2v) is 8.46. The van der Waals surface area contributed by atoms with E-state index in [1.54, 1.807) is 12.1 Å². The highest BCUT2D eigenvalue weighted by Gasteiger charge is 2.39. The Morgan fingerprint density at radius 2 is 2.03 bits per heavy atom. The molecule has 2 aromatic carbocycles. The van der Waals surface area contributed by atoms with Crippen molar-refractivity contribution in [3.63, 3.8) is 0 Å². The minimum absolute atomic E-state index is 0.107. The van der Waals surface area contributed by atoms with E-state index in [0.717, 1.165) is 13.1 Å². The zero-order valence-electron chi connectivity index (χ0n) is 17.1. The van der Waals surface area contributed by atoms with Crippen molar-refractivity contribution in [1.82, 2.24) is 4.90 Å². The molecule has 1 fully saturated rings. The molecule has 156 valence electrons. The maximum atomic E-state index is 11.8. The standard InChI is InChI=1S/C23H29ClN2O3/c1-17(2)19-8-6-18(7-9-19)14-26-10-11-29-23(15-26,13-22(25)27)16-28-21-5-3-4-20(24)12-21/h3-9,12,17H,10-11,13-16H2,1-2H3,(H2,25,27)/t23-/m1/s1. The van der Waals surface area contributed by atoms with Gasteiger partial charge in [0.1, 0.15) is 18.0 Å². The van der Waals surface area contributed by atoms with E-state index in [1.165, 1.54) is 11.1 Å². The Labute approximate surface area is 177 Å². The lowest BCUT2D eigenvalue weighted by atomic mass is 9.96. The van der Waals surface area contributed by atoms with Crippen LogP contribution in [0.15, 0.2) is 48.5 Å². The zero-order chi connectivity index (χ0) is 20.9. The Morgan fingerprint density at radius 3 is 2.69 bits per heavy atom. The number of benzene rings is 2. The topological polar surface area (TPSA) is 64.8 Å². The van der Waals surface area contributed by atoms with Crippen LogP contribution < -0.4 is 10.5 Å². The van der Waals surface area contributed by atoms with Crippen LogP contribution in [0.1, 0.15) is 37.3 Å². The van der Waals surface area contributed by atoms with Gasteiger partial charge in [-0.3, -0.25) is 9.69 Å². The SMILES string of the molecule is CC(C)c1ccc(CN2CCO[C@](COc3cccc(Cl)c3)(CC(N)=O)C2)cc1. The lowest BCUT2D eigenvalue weighted by Gasteiger charge is -2.42. The van der Waals surface area contributed by atoms with Crippen molar-refractivity contribution >= 4 is 17.5 Å². The van der Waals surface area contributed by atoms with Crippen molar-refractivity contribution in [2.24, 2.45) is 5.73 Å². The molecule has 29 heavy (non-hydrogen) atoms. The molecule has 1 saturated heterocycles. The maximum Gasteiger partial charge on any atom is 0.220 e. The van der Waals surface area contributed by atoms with Crippen LogP contribution in [0.4, 0.5) is 0 Å². The average molecular weight is 417 g/mol. The molecule has 2 N–H and O–H groups in total. The highest BCUT2D eigenvalue weighted by molar-refractivity contribution is 6.30. The summed E-state index contributed by atoms with van der Waals surface area (Å²) < 4.78 is 12.0. The van der Waals surface area contributed by atoms with E-state index in [9.17, 15) is 4.79 Å². The van der Waals surface area contributed by atoms with Gasteiger partial charge in [0.05, 0.1) is 13.0 Å². The van der Waals surface area contributed by atoms with Crippen molar-refractivity contribution in [2.45, 2.75) is 38.3 Å². The van der Waals surface area contributed by atoms with Gasteiger partial charge in [-0.25, -0.2) is 0 Å². The Bertz CT molecular complexity index is 825. The number of nitrogens with zero attached hydrogens (tertiary/aromatic N) is 1. The Balaban J connectivity index is 1.68. The molecule has 1 aliphatic rings. The predicted octanol–water partition coefficient (Wildman–Crippen LogP) is 3.99. The normalized spacial score (nSPS) is 20.0. The number of primary amides is 1. The fourth-order valence-corrected chi connectivity index (χ4v) is 3.84. The zero-order valence-corrected chi connectivity index (χ0v) is 17.8. The highest BCUT2D eigenvalue weighted by atomic mass is 35.5. The second kappa shape index (κ2) is 9.61. The number of morpholine rings is 1. The molecular weight excluding hydrogens is 388 g/mol. The monoisotopic (exact) mass is 416 g/mol. The van der Waals surface area contributed by atoms with E-state index in [4.69, 9.17) is 26.8 Å². The fraction of sp³-hybridized carbons (Fsp3) is 0.435. The molecule has 1 heterocycles. The number of nitrogens with two attached hydrogens (primary N) is 1. The van der Waals surface area contributed by atoms with E-state index in [0.29, 0.717) is 29.8 Å². The first-order chi connectivity index (χ1) is 13.8. The highest BCUT2D eigenvalue weighted by Crippen LogP contribution is 2.26. The number of ether oxygens (including phenoxy) is 2. The second-order valence-electron chi connectivity index (χ2n) is 8.03. The van der Waals surface area contributed by atoms with Crippen molar-refractivity contribution in [3.05, 3.63) is 64.7 Å². The van der Waals surface area contributed by atoms with Crippen molar-refractivity contribution in [3.8, 4) is 5.75 Å². The van der Waals surface area contributed by atoms with Crippen molar-refractivity contribution in [1.29, 1.82) is 0 Å². The summed E-state index contributed by atoms with van der Waals surface area (Å²) in [6.45, 7) is 7.30. The van der Waals surface area contributed by atoms with Gasteiger partial charge in [0.25, 0.3) is 0 Å². The van der Waals surface area contributed by atoms with E-state index < -0.39 is 11.5 Å². The molecule has 2 aromatic rings. The molecule has 0 aromatic heterocycles. The predicted molar refractivity (Wildman–Crippen MR) is 115 cm³/mol. The van der Waals surface area contributed by atoms with Gasteiger partial charge < -0.3 is 15.2 Å². The van der Waals surface area contributed by atoms with Crippen molar-refractivity contribution < 1.29 is 14.3 Å². The Morgan fingerprint density at radius 1 is 1.28 bits per heavy atom. The smallest absolute Gasteiger partial charge is 0.220 e. The van der Waals surface area contributed by atoms with E-state index in [1.807, 2.05) is 12.1 Å². The third-order valence-electron chi connectivity index (χ3n) is 5.17.